The summed E-state index contributed by atoms with van der Waals surface area (Å²) in [5.41, 5.74) is -0.629. The van der Waals surface area contributed by atoms with Crippen LogP contribution in [0.2, 0.25) is 0 Å². The molecule has 1 aromatic carbocycles. The van der Waals surface area contributed by atoms with Gasteiger partial charge in [0.1, 0.15) is 11.1 Å². The number of unbranched alkanes of at least 4 members (excludes halogenated alkanes) is 6. The van der Waals surface area contributed by atoms with Crippen LogP contribution in [0.25, 0.3) is 10.8 Å². The van der Waals surface area contributed by atoms with Crippen LogP contribution >= 0.6 is 0 Å². The van der Waals surface area contributed by atoms with Crippen molar-refractivity contribution in [1.82, 2.24) is 0 Å². The van der Waals surface area contributed by atoms with Crippen molar-refractivity contribution in [1.29, 1.82) is 0 Å². The second-order valence-corrected chi connectivity index (χ2v) is 7.33. The van der Waals surface area contributed by atoms with E-state index in [0.717, 1.165) is 25.7 Å². The SMILES string of the molecule is C=CCC/C=C/CCOc1ccc2cc(CCCCCCCC)oc(=O)c2c1F. The van der Waals surface area contributed by atoms with Crippen molar-refractivity contribution in [3.63, 3.8) is 0 Å². The number of hydrogen-bond donors (Lipinski definition) is 0. The summed E-state index contributed by atoms with van der Waals surface area (Å²) in [7, 11) is 0. The number of allylic oxidation sites excluding steroid dienone is 2. The zero-order chi connectivity index (χ0) is 20.9. The Bertz CT molecular complexity index is 851. The third-order valence-electron chi connectivity index (χ3n) is 4.91. The summed E-state index contributed by atoms with van der Waals surface area (Å²) in [6.07, 6.45) is 16.2. The number of aryl methyl sites for hydroxylation is 1. The fraction of sp³-hybridized carbons (Fsp3) is 0.480. The highest BCUT2D eigenvalue weighted by molar-refractivity contribution is 5.83. The molecule has 1 aromatic heterocycles. The van der Waals surface area contributed by atoms with Gasteiger partial charge in [0.25, 0.3) is 0 Å². The molecule has 4 heteroatoms. The molecule has 29 heavy (non-hydrogen) atoms. The van der Waals surface area contributed by atoms with Crippen LogP contribution in [0.1, 0.15) is 70.5 Å². The van der Waals surface area contributed by atoms with Gasteiger partial charge >= 0.3 is 5.63 Å². The first-order valence-electron chi connectivity index (χ1n) is 10.8. The molecule has 0 aliphatic carbocycles. The molecule has 0 amide bonds. The van der Waals surface area contributed by atoms with Crippen LogP contribution in [-0.4, -0.2) is 6.61 Å². The molecular weight excluding hydrogens is 367 g/mol. The standard InChI is InChI=1S/C25H33FO3/c1-3-5-7-9-11-13-15-21-19-20-16-17-22(24(26)23(20)25(27)29-21)28-18-14-12-10-8-6-4-2/h4,10,12,16-17,19H,2-3,5-9,11,13-15,18H2,1H3/b12-10+. The number of halogens is 1. The van der Waals surface area contributed by atoms with Gasteiger partial charge in [-0.3, -0.25) is 0 Å². The Morgan fingerprint density at radius 3 is 2.62 bits per heavy atom. The maximum Gasteiger partial charge on any atom is 0.346 e. The Labute approximate surface area is 173 Å². The van der Waals surface area contributed by atoms with Gasteiger partial charge in [0.15, 0.2) is 11.6 Å². The van der Waals surface area contributed by atoms with Crippen LogP contribution in [-0.2, 0) is 6.42 Å². The lowest BCUT2D eigenvalue weighted by atomic mass is 10.1. The van der Waals surface area contributed by atoms with Crippen LogP contribution in [0.5, 0.6) is 5.75 Å². The quantitative estimate of drug-likeness (QED) is 0.250. The fourth-order valence-electron chi connectivity index (χ4n) is 3.27. The zero-order valence-electron chi connectivity index (χ0n) is 17.6. The van der Waals surface area contributed by atoms with E-state index in [9.17, 15) is 9.18 Å². The van der Waals surface area contributed by atoms with Crippen LogP contribution in [0.15, 0.2) is 52.2 Å². The lowest BCUT2D eigenvalue weighted by Crippen LogP contribution is -2.07. The third kappa shape index (κ3) is 7.52. The smallest absolute Gasteiger partial charge is 0.346 e. The summed E-state index contributed by atoms with van der Waals surface area (Å²) in [6, 6.07) is 5.10. The molecule has 2 rings (SSSR count). The number of fused-ring (bicyclic) bond motifs is 1. The highest BCUT2D eigenvalue weighted by Crippen LogP contribution is 2.25. The average molecular weight is 401 g/mol. The first-order valence-corrected chi connectivity index (χ1v) is 10.8. The third-order valence-corrected chi connectivity index (χ3v) is 4.91. The van der Waals surface area contributed by atoms with E-state index in [2.05, 4.69) is 19.6 Å². The number of benzene rings is 1. The highest BCUT2D eigenvalue weighted by atomic mass is 19.1. The highest BCUT2D eigenvalue weighted by Gasteiger charge is 2.14. The fourth-order valence-corrected chi connectivity index (χ4v) is 3.27. The molecule has 0 spiro atoms. The molecule has 1 heterocycles. The van der Waals surface area contributed by atoms with E-state index in [1.54, 1.807) is 18.2 Å². The van der Waals surface area contributed by atoms with E-state index in [0.29, 0.717) is 30.6 Å². The van der Waals surface area contributed by atoms with Gasteiger partial charge in [-0.15, -0.1) is 6.58 Å². The van der Waals surface area contributed by atoms with Crippen molar-refractivity contribution in [3.8, 4) is 5.75 Å². The van der Waals surface area contributed by atoms with Gasteiger partial charge in [0, 0.05) is 6.42 Å². The molecule has 0 radical (unpaired) electrons. The monoisotopic (exact) mass is 400 g/mol. The molecule has 0 unspecified atom stereocenters. The Kier molecular flexibility index (Phi) is 10.3. The predicted octanol–water partition coefficient (Wildman–Crippen LogP) is 7.13. The van der Waals surface area contributed by atoms with Gasteiger partial charge in [-0.25, -0.2) is 9.18 Å². The minimum absolute atomic E-state index is 0.0317. The predicted molar refractivity (Wildman–Crippen MR) is 118 cm³/mol. The Hall–Kier alpha value is -2.36. The minimum atomic E-state index is -0.641. The van der Waals surface area contributed by atoms with E-state index in [-0.39, 0.29) is 11.1 Å². The summed E-state index contributed by atoms with van der Waals surface area (Å²) in [4.78, 5) is 12.3. The van der Waals surface area contributed by atoms with Gasteiger partial charge in [-0.1, -0.05) is 63.3 Å². The van der Waals surface area contributed by atoms with E-state index in [1.807, 2.05) is 12.2 Å². The van der Waals surface area contributed by atoms with Crippen molar-refractivity contribution >= 4 is 10.8 Å². The van der Waals surface area contributed by atoms with Crippen molar-refractivity contribution in [2.75, 3.05) is 6.61 Å². The number of rotatable bonds is 14. The molecule has 158 valence electrons. The van der Waals surface area contributed by atoms with E-state index < -0.39 is 11.4 Å². The van der Waals surface area contributed by atoms with Crippen molar-refractivity contribution in [2.24, 2.45) is 0 Å². The van der Waals surface area contributed by atoms with Crippen molar-refractivity contribution < 1.29 is 13.5 Å². The molecule has 0 saturated heterocycles. The molecule has 2 aromatic rings. The molecular formula is C25H33FO3. The number of ether oxygens (including phenoxy) is 1. The topological polar surface area (TPSA) is 39.4 Å². The lowest BCUT2D eigenvalue weighted by Gasteiger charge is -2.08. The molecule has 3 nitrogen and oxygen atoms in total. The maximum atomic E-state index is 14.7. The molecule has 0 saturated carbocycles. The normalized spacial score (nSPS) is 11.4. The Morgan fingerprint density at radius 2 is 1.83 bits per heavy atom. The minimum Gasteiger partial charge on any atom is -0.490 e. The zero-order valence-corrected chi connectivity index (χ0v) is 17.6. The molecule has 0 aliphatic rings. The molecule has 0 N–H and O–H groups in total. The van der Waals surface area contributed by atoms with Crippen LogP contribution in [0.4, 0.5) is 4.39 Å². The van der Waals surface area contributed by atoms with Gasteiger partial charge in [0.05, 0.1) is 6.61 Å². The van der Waals surface area contributed by atoms with Gasteiger partial charge in [-0.2, -0.15) is 0 Å². The summed E-state index contributed by atoms with van der Waals surface area (Å²) in [5.74, 6) is 0.0710. The Morgan fingerprint density at radius 1 is 1.07 bits per heavy atom. The molecule has 0 bridgehead atoms. The number of hydrogen-bond acceptors (Lipinski definition) is 3. The first-order chi connectivity index (χ1) is 14.2. The average Bonchev–Trinajstić information content (AvgIpc) is 2.71. The molecule has 0 atom stereocenters. The summed E-state index contributed by atoms with van der Waals surface area (Å²) in [6.45, 7) is 6.23. The van der Waals surface area contributed by atoms with E-state index >= 15 is 0 Å². The first kappa shape index (κ1) is 22.9. The molecule has 0 fully saturated rings. The second kappa shape index (κ2) is 13.0. The van der Waals surface area contributed by atoms with E-state index in [1.165, 1.54) is 25.7 Å². The molecule has 0 aliphatic heterocycles. The maximum absolute atomic E-state index is 14.7. The largest absolute Gasteiger partial charge is 0.490 e. The summed E-state index contributed by atoms with van der Waals surface area (Å²) < 4.78 is 25.6. The summed E-state index contributed by atoms with van der Waals surface area (Å²) in [5, 5.41) is 0.534. The van der Waals surface area contributed by atoms with Gasteiger partial charge in [-0.05, 0) is 43.2 Å². The van der Waals surface area contributed by atoms with Gasteiger partial charge < -0.3 is 9.15 Å². The van der Waals surface area contributed by atoms with Crippen LogP contribution in [0, 0.1) is 5.82 Å². The van der Waals surface area contributed by atoms with Gasteiger partial charge in [0.2, 0.25) is 0 Å². The Balaban J connectivity index is 1.95. The summed E-state index contributed by atoms with van der Waals surface area (Å²) >= 11 is 0. The van der Waals surface area contributed by atoms with Crippen LogP contribution < -0.4 is 10.4 Å². The van der Waals surface area contributed by atoms with Crippen molar-refractivity contribution in [2.45, 2.75) is 71.1 Å². The van der Waals surface area contributed by atoms with E-state index in [4.69, 9.17) is 9.15 Å². The van der Waals surface area contributed by atoms with Crippen LogP contribution in [0.3, 0.4) is 0 Å². The van der Waals surface area contributed by atoms with Crippen molar-refractivity contribution in [3.05, 3.63) is 65.0 Å². The second-order valence-electron chi connectivity index (χ2n) is 7.33. The lowest BCUT2D eigenvalue weighted by molar-refractivity contribution is 0.309.